The van der Waals surface area contributed by atoms with Crippen LogP contribution in [0.3, 0.4) is 0 Å². The number of rotatable bonds is 6. The maximum atomic E-state index is 12.0. The molecule has 2 heterocycles. The van der Waals surface area contributed by atoms with Crippen LogP contribution in [0.15, 0.2) is 24.5 Å². The van der Waals surface area contributed by atoms with Gasteiger partial charge in [-0.3, -0.25) is 14.6 Å². The Morgan fingerprint density at radius 1 is 1.45 bits per heavy atom. The molecular formula is C15H21N3O2. The second-order valence-electron chi connectivity index (χ2n) is 5.08. The van der Waals surface area contributed by atoms with Gasteiger partial charge >= 0.3 is 0 Å². The van der Waals surface area contributed by atoms with Crippen molar-refractivity contribution in [1.29, 1.82) is 0 Å². The number of nitrogens with one attached hydrogen (secondary N) is 1. The molecule has 1 N–H and O–H groups in total. The Labute approximate surface area is 119 Å². The zero-order valence-electron chi connectivity index (χ0n) is 11.8. The van der Waals surface area contributed by atoms with Crippen molar-refractivity contribution in [3.8, 4) is 0 Å². The summed E-state index contributed by atoms with van der Waals surface area (Å²) < 4.78 is 0. The Hall–Kier alpha value is -1.91. The van der Waals surface area contributed by atoms with Crippen molar-refractivity contribution in [1.82, 2.24) is 15.2 Å². The third-order valence-corrected chi connectivity index (χ3v) is 3.66. The molecule has 0 aromatic carbocycles. The lowest BCUT2D eigenvalue weighted by Crippen LogP contribution is -2.33. The summed E-state index contributed by atoms with van der Waals surface area (Å²) in [4.78, 5) is 29.2. The van der Waals surface area contributed by atoms with E-state index in [4.69, 9.17) is 0 Å². The van der Waals surface area contributed by atoms with Crippen molar-refractivity contribution in [2.24, 2.45) is 5.92 Å². The predicted molar refractivity (Wildman–Crippen MR) is 75.9 cm³/mol. The summed E-state index contributed by atoms with van der Waals surface area (Å²) in [6.45, 7) is 3.83. The van der Waals surface area contributed by atoms with Crippen LogP contribution in [0.2, 0.25) is 0 Å². The molecule has 0 spiro atoms. The molecule has 0 radical (unpaired) electrons. The summed E-state index contributed by atoms with van der Waals surface area (Å²) in [5.41, 5.74) is 1.22. The summed E-state index contributed by atoms with van der Waals surface area (Å²) in [7, 11) is 0. The van der Waals surface area contributed by atoms with E-state index in [9.17, 15) is 9.59 Å². The number of likely N-dealkylation sites (tertiary alicyclic amines) is 1. The van der Waals surface area contributed by atoms with Crippen LogP contribution in [-0.2, 0) is 16.0 Å². The number of carbonyl (C=O) groups excluding carboxylic acids is 2. The second kappa shape index (κ2) is 7.03. The number of pyridine rings is 1. The van der Waals surface area contributed by atoms with Crippen LogP contribution in [-0.4, -0.2) is 41.3 Å². The number of hydrogen-bond donors (Lipinski definition) is 1. The highest BCUT2D eigenvalue weighted by Gasteiger charge is 2.32. The summed E-state index contributed by atoms with van der Waals surface area (Å²) in [5, 5.41) is 2.93. The van der Waals surface area contributed by atoms with E-state index in [0.29, 0.717) is 26.1 Å². The molecule has 1 aliphatic rings. The van der Waals surface area contributed by atoms with E-state index in [1.54, 1.807) is 17.3 Å². The molecule has 2 amide bonds. The van der Waals surface area contributed by atoms with Gasteiger partial charge in [0.1, 0.15) is 0 Å². The van der Waals surface area contributed by atoms with E-state index >= 15 is 0 Å². The first-order valence-electron chi connectivity index (χ1n) is 7.15. The van der Waals surface area contributed by atoms with Crippen LogP contribution < -0.4 is 5.32 Å². The quantitative estimate of drug-likeness (QED) is 0.788. The van der Waals surface area contributed by atoms with Gasteiger partial charge < -0.3 is 10.2 Å². The molecule has 5 nitrogen and oxygen atoms in total. The highest BCUT2D eigenvalue weighted by molar-refractivity contribution is 5.89. The first-order chi connectivity index (χ1) is 9.70. The zero-order chi connectivity index (χ0) is 14.4. The molecule has 20 heavy (non-hydrogen) atoms. The Morgan fingerprint density at radius 2 is 2.20 bits per heavy atom. The van der Waals surface area contributed by atoms with Crippen molar-refractivity contribution in [3.63, 3.8) is 0 Å². The number of aromatic nitrogens is 1. The minimum Gasteiger partial charge on any atom is -0.356 e. The highest BCUT2D eigenvalue weighted by Crippen LogP contribution is 2.17. The van der Waals surface area contributed by atoms with E-state index in [-0.39, 0.29) is 17.7 Å². The van der Waals surface area contributed by atoms with Crippen LogP contribution in [0.5, 0.6) is 0 Å². The Morgan fingerprint density at radius 3 is 2.85 bits per heavy atom. The fourth-order valence-corrected chi connectivity index (χ4v) is 2.45. The molecule has 0 bridgehead atoms. The summed E-state index contributed by atoms with van der Waals surface area (Å²) in [6, 6.07) is 3.97. The molecule has 1 saturated heterocycles. The number of amides is 2. The lowest BCUT2D eigenvalue weighted by atomic mass is 10.1. The number of aryl methyl sites for hydroxylation is 1. The van der Waals surface area contributed by atoms with Crippen molar-refractivity contribution in [2.75, 3.05) is 19.6 Å². The van der Waals surface area contributed by atoms with Crippen molar-refractivity contribution in [2.45, 2.75) is 26.2 Å². The highest BCUT2D eigenvalue weighted by atomic mass is 16.2. The van der Waals surface area contributed by atoms with Crippen molar-refractivity contribution < 1.29 is 9.59 Å². The SMILES string of the molecule is CCN1C[C@H](C(=O)NCCCc2ccncc2)CC1=O. The Bertz CT molecular complexity index is 461. The largest absolute Gasteiger partial charge is 0.356 e. The van der Waals surface area contributed by atoms with Gasteiger partial charge in [0.25, 0.3) is 0 Å². The maximum absolute atomic E-state index is 12.0. The average molecular weight is 275 g/mol. The van der Waals surface area contributed by atoms with E-state index in [2.05, 4.69) is 10.3 Å². The molecular weight excluding hydrogens is 254 g/mol. The Kier molecular flexibility index (Phi) is 5.09. The summed E-state index contributed by atoms with van der Waals surface area (Å²) in [6.07, 6.45) is 5.72. The predicted octanol–water partition coefficient (Wildman–Crippen LogP) is 0.999. The van der Waals surface area contributed by atoms with E-state index in [0.717, 1.165) is 12.8 Å². The van der Waals surface area contributed by atoms with Gasteiger partial charge in [0.15, 0.2) is 0 Å². The van der Waals surface area contributed by atoms with Gasteiger partial charge in [0, 0.05) is 38.4 Å². The first kappa shape index (κ1) is 14.5. The average Bonchev–Trinajstić information content (AvgIpc) is 2.86. The van der Waals surface area contributed by atoms with Gasteiger partial charge in [0.2, 0.25) is 11.8 Å². The fraction of sp³-hybridized carbons (Fsp3) is 0.533. The molecule has 1 aromatic rings. The zero-order valence-corrected chi connectivity index (χ0v) is 11.8. The van der Waals surface area contributed by atoms with Crippen molar-refractivity contribution in [3.05, 3.63) is 30.1 Å². The lowest BCUT2D eigenvalue weighted by molar-refractivity contribution is -0.128. The first-order valence-corrected chi connectivity index (χ1v) is 7.15. The third kappa shape index (κ3) is 3.79. The topological polar surface area (TPSA) is 62.3 Å². The van der Waals surface area contributed by atoms with E-state index in [1.165, 1.54) is 5.56 Å². The Balaban J connectivity index is 1.67. The van der Waals surface area contributed by atoms with Crippen LogP contribution in [0.1, 0.15) is 25.3 Å². The number of hydrogen-bond acceptors (Lipinski definition) is 3. The second-order valence-corrected chi connectivity index (χ2v) is 5.08. The summed E-state index contributed by atoms with van der Waals surface area (Å²) in [5.74, 6) is -0.0863. The van der Waals surface area contributed by atoms with Gasteiger partial charge in [-0.1, -0.05) is 0 Å². The molecule has 1 fully saturated rings. The normalized spacial score (nSPS) is 18.4. The van der Waals surface area contributed by atoms with E-state index in [1.807, 2.05) is 19.1 Å². The fourth-order valence-electron chi connectivity index (χ4n) is 2.45. The van der Waals surface area contributed by atoms with Gasteiger partial charge in [-0.2, -0.15) is 0 Å². The van der Waals surface area contributed by atoms with Gasteiger partial charge in [0.05, 0.1) is 5.92 Å². The molecule has 0 unspecified atom stereocenters. The van der Waals surface area contributed by atoms with Gasteiger partial charge in [-0.25, -0.2) is 0 Å². The van der Waals surface area contributed by atoms with Gasteiger partial charge in [-0.05, 0) is 37.5 Å². The van der Waals surface area contributed by atoms with Crippen LogP contribution in [0, 0.1) is 5.92 Å². The molecule has 108 valence electrons. The smallest absolute Gasteiger partial charge is 0.225 e. The molecule has 0 aliphatic carbocycles. The minimum absolute atomic E-state index is 0.00373. The molecule has 1 aliphatic heterocycles. The third-order valence-electron chi connectivity index (χ3n) is 3.66. The molecule has 0 saturated carbocycles. The molecule has 1 aromatic heterocycles. The van der Waals surface area contributed by atoms with Crippen LogP contribution in [0.4, 0.5) is 0 Å². The monoisotopic (exact) mass is 275 g/mol. The maximum Gasteiger partial charge on any atom is 0.225 e. The van der Waals surface area contributed by atoms with Crippen LogP contribution >= 0.6 is 0 Å². The van der Waals surface area contributed by atoms with Crippen molar-refractivity contribution >= 4 is 11.8 Å². The molecule has 5 heteroatoms. The van der Waals surface area contributed by atoms with Gasteiger partial charge in [-0.15, -0.1) is 0 Å². The van der Waals surface area contributed by atoms with E-state index < -0.39 is 0 Å². The lowest BCUT2D eigenvalue weighted by Gasteiger charge is -2.13. The number of carbonyl (C=O) groups is 2. The molecule has 2 rings (SSSR count). The number of nitrogens with zero attached hydrogens (tertiary/aromatic N) is 2. The standard InChI is InChI=1S/C15H21N3O2/c1-2-18-11-13(10-14(18)19)15(20)17-7-3-4-12-5-8-16-9-6-12/h5-6,8-9,13H,2-4,7,10-11H2,1H3,(H,17,20)/t13-/m1/s1. The minimum atomic E-state index is -0.177. The summed E-state index contributed by atoms with van der Waals surface area (Å²) >= 11 is 0. The molecule has 1 atom stereocenters. The van der Waals surface area contributed by atoms with Crippen LogP contribution in [0.25, 0.3) is 0 Å².